The second-order valence-corrected chi connectivity index (χ2v) is 11.0. The van der Waals surface area contributed by atoms with Crippen molar-refractivity contribution in [3.63, 3.8) is 0 Å². The van der Waals surface area contributed by atoms with E-state index in [9.17, 15) is 9.59 Å². The van der Waals surface area contributed by atoms with Gasteiger partial charge >= 0.3 is 0 Å². The van der Waals surface area contributed by atoms with E-state index in [2.05, 4.69) is 15.3 Å². The lowest BCUT2D eigenvalue weighted by Crippen LogP contribution is -2.45. The van der Waals surface area contributed by atoms with E-state index in [0.29, 0.717) is 31.3 Å². The Kier molecular flexibility index (Phi) is 9.40. The van der Waals surface area contributed by atoms with Crippen LogP contribution in [0, 0.1) is 5.41 Å². The number of anilines is 1. The number of ether oxygens (including phenoxy) is 1. The highest BCUT2D eigenvalue weighted by Crippen LogP contribution is 2.29. The van der Waals surface area contributed by atoms with Gasteiger partial charge in [-0.2, -0.15) is 0 Å². The summed E-state index contributed by atoms with van der Waals surface area (Å²) in [5, 5.41) is 11.3. The summed E-state index contributed by atoms with van der Waals surface area (Å²) < 4.78 is 5.70. The van der Waals surface area contributed by atoms with Crippen LogP contribution < -0.4 is 10.2 Å². The molecule has 1 unspecified atom stereocenters. The fourth-order valence-electron chi connectivity index (χ4n) is 3.90. The van der Waals surface area contributed by atoms with Crippen LogP contribution in [0.4, 0.5) is 5.82 Å². The van der Waals surface area contributed by atoms with Crippen LogP contribution >= 0.6 is 11.8 Å². The number of benzene rings is 1. The molecular weight excluding hydrogens is 462 g/mol. The van der Waals surface area contributed by atoms with E-state index in [-0.39, 0.29) is 23.0 Å². The van der Waals surface area contributed by atoms with Crippen LogP contribution in [-0.4, -0.2) is 58.2 Å². The molecule has 3 rings (SSSR count). The second kappa shape index (κ2) is 12.3. The SMILES string of the molecule is CN(CC(=O)NC(C)(C)C)c1nc(C(=N)SC(C=O)CCOCc2ccccc2)nc2c1CCC2. The molecule has 1 aromatic carbocycles. The molecule has 1 atom stereocenters. The van der Waals surface area contributed by atoms with Crippen molar-refractivity contribution < 1.29 is 14.3 Å². The number of nitrogens with one attached hydrogen (secondary N) is 2. The molecule has 0 saturated carbocycles. The number of hydrogen-bond acceptors (Lipinski definition) is 8. The number of aryl methyl sites for hydroxylation is 1. The molecule has 1 heterocycles. The first kappa shape index (κ1) is 26.8. The molecule has 0 bridgehead atoms. The molecule has 2 aromatic rings. The minimum Gasteiger partial charge on any atom is -0.377 e. The quantitative estimate of drug-likeness (QED) is 0.212. The first-order valence-corrected chi connectivity index (χ1v) is 12.8. The topological polar surface area (TPSA) is 108 Å². The number of likely N-dealkylation sites (N-methyl/N-ethyl adjacent to an activating group) is 1. The maximum Gasteiger partial charge on any atom is 0.239 e. The van der Waals surface area contributed by atoms with Gasteiger partial charge in [-0.05, 0) is 52.0 Å². The Labute approximate surface area is 211 Å². The van der Waals surface area contributed by atoms with Crippen molar-refractivity contribution in [2.75, 3.05) is 25.1 Å². The summed E-state index contributed by atoms with van der Waals surface area (Å²) in [6.45, 7) is 6.90. The minimum absolute atomic E-state index is 0.0899. The lowest BCUT2D eigenvalue weighted by atomic mass is 10.1. The Morgan fingerprint density at radius 3 is 2.69 bits per heavy atom. The normalized spacial score (nSPS) is 13.7. The monoisotopic (exact) mass is 497 g/mol. The highest BCUT2D eigenvalue weighted by molar-refractivity contribution is 8.15. The van der Waals surface area contributed by atoms with E-state index in [1.54, 1.807) is 0 Å². The molecule has 8 nitrogen and oxygen atoms in total. The number of nitrogens with zero attached hydrogens (tertiary/aromatic N) is 3. The van der Waals surface area contributed by atoms with Gasteiger partial charge in [-0.25, -0.2) is 9.97 Å². The van der Waals surface area contributed by atoms with Crippen molar-refractivity contribution in [1.29, 1.82) is 5.41 Å². The molecule has 0 saturated heterocycles. The van der Waals surface area contributed by atoms with Gasteiger partial charge in [0.1, 0.15) is 17.1 Å². The highest BCUT2D eigenvalue weighted by Gasteiger charge is 2.25. The third-order valence-corrected chi connectivity index (χ3v) is 6.52. The van der Waals surface area contributed by atoms with Crippen molar-refractivity contribution >= 4 is 34.8 Å². The molecule has 1 amide bonds. The van der Waals surface area contributed by atoms with Crippen LogP contribution in [0.25, 0.3) is 0 Å². The van der Waals surface area contributed by atoms with Crippen LogP contribution in [0.15, 0.2) is 30.3 Å². The van der Waals surface area contributed by atoms with Crippen LogP contribution in [-0.2, 0) is 33.8 Å². The lowest BCUT2D eigenvalue weighted by Gasteiger charge is -2.25. The second-order valence-electron chi connectivity index (χ2n) is 9.75. The maximum atomic E-state index is 12.5. The van der Waals surface area contributed by atoms with Gasteiger partial charge in [0.15, 0.2) is 5.82 Å². The van der Waals surface area contributed by atoms with E-state index in [4.69, 9.17) is 10.1 Å². The summed E-state index contributed by atoms with van der Waals surface area (Å²) >= 11 is 1.14. The number of aromatic nitrogens is 2. The Bertz CT molecular complexity index is 1040. The Morgan fingerprint density at radius 1 is 1.26 bits per heavy atom. The number of carbonyl (C=O) groups excluding carboxylic acids is 2. The molecule has 2 N–H and O–H groups in total. The van der Waals surface area contributed by atoms with Crippen molar-refractivity contribution in [2.24, 2.45) is 0 Å². The number of thioether (sulfide) groups is 1. The van der Waals surface area contributed by atoms with Crippen molar-refractivity contribution in [3.05, 3.63) is 53.0 Å². The number of carbonyl (C=O) groups is 2. The largest absolute Gasteiger partial charge is 0.377 e. The minimum atomic E-state index is -0.422. The van der Waals surface area contributed by atoms with Crippen LogP contribution in [0.5, 0.6) is 0 Å². The first-order valence-electron chi connectivity index (χ1n) is 11.9. The molecule has 0 aliphatic heterocycles. The molecule has 35 heavy (non-hydrogen) atoms. The zero-order valence-corrected chi connectivity index (χ0v) is 21.8. The predicted molar refractivity (Wildman–Crippen MR) is 140 cm³/mol. The molecule has 1 aromatic heterocycles. The third-order valence-electron chi connectivity index (χ3n) is 5.45. The van der Waals surface area contributed by atoms with E-state index in [0.717, 1.165) is 54.1 Å². The van der Waals surface area contributed by atoms with Crippen molar-refractivity contribution in [1.82, 2.24) is 15.3 Å². The standard InChI is InChI=1S/C26H35N5O3S/c1-26(2,3)30-22(33)15-31(4)25-20-11-8-12-21(20)28-24(29-25)23(27)35-19(16-32)13-14-34-17-18-9-6-5-7-10-18/h5-7,9-10,16,19,27H,8,11-15,17H2,1-4H3,(H,30,33). The van der Waals surface area contributed by atoms with Crippen LogP contribution in [0.1, 0.15) is 56.3 Å². The summed E-state index contributed by atoms with van der Waals surface area (Å²) in [4.78, 5) is 35.2. The number of amides is 1. The summed E-state index contributed by atoms with van der Waals surface area (Å²) in [6.07, 6.45) is 3.99. The van der Waals surface area contributed by atoms with Gasteiger partial charge in [-0.15, -0.1) is 0 Å². The van der Waals surface area contributed by atoms with Gasteiger partial charge in [0.2, 0.25) is 5.91 Å². The van der Waals surface area contributed by atoms with Gasteiger partial charge in [0, 0.05) is 30.5 Å². The summed E-state index contributed by atoms with van der Waals surface area (Å²) in [6, 6.07) is 9.87. The van der Waals surface area contributed by atoms with Gasteiger partial charge in [-0.3, -0.25) is 10.2 Å². The summed E-state index contributed by atoms with van der Waals surface area (Å²) in [5.41, 5.74) is 2.73. The number of aldehydes is 1. The van der Waals surface area contributed by atoms with Gasteiger partial charge < -0.3 is 19.7 Å². The summed E-state index contributed by atoms with van der Waals surface area (Å²) in [7, 11) is 1.84. The molecule has 1 aliphatic rings. The molecule has 1 aliphatic carbocycles. The maximum absolute atomic E-state index is 12.5. The fourth-order valence-corrected chi connectivity index (χ4v) is 4.67. The zero-order valence-electron chi connectivity index (χ0n) is 21.0. The highest BCUT2D eigenvalue weighted by atomic mass is 32.2. The molecule has 0 fully saturated rings. The smallest absolute Gasteiger partial charge is 0.239 e. The van der Waals surface area contributed by atoms with Gasteiger partial charge in [-0.1, -0.05) is 42.1 Å². The summed E-state index contributed by atoms with van der Waals surface area (Å²) in [5.74, 6) is 0.893. The molecular formula is C26H35N5O3S. The molecule has 0 radical (unpaired) electrons. The number of rotatable bonds is 11. The zero-order chi connectivity index (χ0) is 25.4. The van der Waals surface area contributed by atoms with Crippen LogP contribution in [0.3, 0.4) is 0 Å². The van der Waals surface area contributed by atoms with Crippen molar-refractivity contribution in [2.45, 2.75) is 63.9 Å². The third kappa shape index (κ3) is 8.14. The lowest BCUT2D eigenvalue weighted by molar-refractivity contribution is -0.121. The number of fused-ring (bicyclic) bond motifs is 1. The predicted octanol–water partition coefficient (Wildman–Crippen LogP) is 3.55. The first-order chi connectivity index (χ1) is 16.7. The average molecular weight is 498 g/mol. The fraction of sp³-hybridized carbons (Fsp3) is 0.500. The Balaban J connectivity index is 1.63. The van der Waals surface area contributed by atoms with Crippen molar-refractivity contribution in [3.8, 4) is 0 Å². The van der Waals surface area contributed by atoms with Gasteiger partial charge in [0.25, 0.3) is 0 Å². The number of hydrogen-bond donors (Lipinski definition) is 2. The van der Waals surface area contributed by atoms with E-state index in [1.165, 1.54) is 0 Å². The molecule has 9 heteroatoms. The molecule has 188 valence electrons. The molecule has 0 spiro atoms. The van der Waals surface area contributed by atoms with E-state index < -0.39 is 5.25 Å². The average Bonchev–Trinajstić information content (AvgIpc) is 3.28. The Morgan fingerprint density at radius 2 is 2.00 bits per heavy atom. The van der Waals surface area contributed by atoms with E-state index in [1.807, 2.05) is 63.1 Å². The van der Waals surface area contributed by atoms with Crippen LogP contribution in [0.2, 0.25) is 0 Å². The Hall–Kier alpha value is -2.78. The van der Waals surface area contributed by atoms with Gasteiger partial charge in [0.05, 0.1) is 18.4 Å². The van der Waals surface area contributed by atoms with E-state index >= 15 is 0 Å².